The molecule has 4 nitrogen and oxygen atoms in total. The minimum absolute atomic E-state index is 0.234. The van der Waals surface area contributed by atoms with Gasteiger partial charge in [0.05, 0.1) is 6.61 Å². The molecule has 0 saturated carbocycles. The highest BCUT2D eigenvalue weighted by Gasteiger charge is 2.32. The average molecular weight is 207 g/mol. The normalized spacial score (nSPS) is 13.9. The van der Waals surface area contributed by atoms with E-state index in [1.807, 2.05) is 0 Å². The molecule has 1 atom stereocenters. The van der Waals surface area contributed by atoms with Crippen LogP contribution in [-0.2, 0) is 4.79 Å². The monoisotopic (exact) mass is 207 g/mol. The Balaban J connectivity index is 4.09. The molecule has 78 valence electrons. The van der Waals surface area contributed by atoms with E-state index >= 15 is 0 Å². The summed E-state index contributed by atoms with van der Waals surface area (Å²) < 4.78 is 0. The van der Waals surface area contributed by atoms with Gasteiger partial charge in [-0.15, -0.1) is 0 Å². The molecule has 0 aromatic rings. The third-order valence-electron chi connectivity index (χ3n) is 1.81. The lowest BCUT2D eigenvalue weighted by atomic mass is 9.87. The summed E-state index contributed by atoms with van der Waals surface area (Å²) >= 11 is 3.91. The number of aliphatic hydroxyl groups excluding tert-OH is 2. The standard InChI is InChI=1S/C8H17NO3S/c1-8(2,5-10)6(11)7(12)9-3-4-13/h6,10-11,13H,3-5H2,1-2H3,(H,9,12). The van der Waals surface area contributed by atoms with Crippen LogP contribution in [0.25, 0.3) is 0 Å². The van der Waals surface area contributed by atoms with Crippen molar-refractivity contribution >= 4 is 18.5 Å². The molecule has 0 aromatic carbocycles. The van der Waals surface area contributed by atoms with E-state index in [0.717, 1.165) is 0 Å². The summed E-state index contributed by atoms with van der Waals surface area (Å²) in [6, 6.07) is 0. The second kappa shape index (κ2) is 5.47. The molecule has 0 bridgehead atoms. The first-order valence-electron chi connectivity index (χ1n) is 4.13. The summed E-state index contributed by atoms with van der Waals surface area (Å²) in [6.07, 6.45) is -1.18. The van der Waals surface area contributed by atoms with E-state index in [9.17, 15) is 9.90 Å². The second-order valence-electron chi connectivity index (χ2n) is 3.56. The van der Waals surface area contributed by atoms with E-state index in [4.69, 9.17) is 5.11 Å². The Morgan fingerprint density at radius 2 is 2.15 bits per heavy atom. The van der Waals surface area contributed by atoms with Crippen molar-refractivity contribution in [2.45, 2.75) is 20.0 Å². The lowest BCUT2D eigenvalue weighted by Gasteiger charge is -2.26. The zero-order chi connectivity index (χ0) is 10.5. The molecule has 0 fully saturated rings. The van der Waals surface area contributed by atoms with Crippen molar-refractivity contribution in [2.24, 2.45) is 5.41 Å². The lowest BCUT2D eigenvalue weighted by Crippen LogP contribution is -2.45. The first kappa shape index (κ1) is 12.7. The quantitative estimate of drug-likeness (QED) is 0.456. The molecule has 0 aromatic heterocycles. The van der Waals surface area contributed by atoms with Gasteiger partial charge >= 0.3 is 0 Å². The number of nitrogens with one attached hydrogen (secondary N) is 1. The van der Waals surface area contributed by atoms with Crippen LogP contribution in [0.3, 0.4) is 0 Å². The van der Waals surface area contributed by atoms with Gasteiger partial charge in [-0.25, -0.2) is 0 Å². The lowest BCUT2D eigenvalue weighted by molar-refractivity contribution is -0.136. The largest absolute Gasteiger partial charge is 0.396 e. The number of hydrogen-bond donors (Lipinski definition) is 4. The molecule has 3 N–H and O–H groups in total. The third kappa shape index (κ3) is 3.97. The average Bonchev–Trinajstić information content (AvgIpc) is 2.12. The summed E-state index contributed by atoms with van der Waals surface area (Å²) in [5.41, 5.74) is -0.805. The van der Waals surface area contributed by atoms with Gasteiger partial charge in [-0.2, -0.15) is 12.6 Å². The highest BCUT2D eigenvalue weighted by Crippen LogP contribution is 2.19. The van der Waals surface area contributed by atoms with Crippen molar-refractivity contribution in [1.82, 2.24) is 5.32 Å². The van der Waals surface area contributed by atoms with Gasteiger partial charge in [-0.1, -0.05) is 13.8 Å². The van der Waals surface area contributed by atoms with Crippen LogP contribution in [-0.4, -0.2) is 41.1 Å². The minimum atomic E-state index is -1.18. The molecule has 0 spiro atoms. The van der Waals surface area contributed by atoms with Crippen molar-refractivity contribution in [2.75, 3.05) is 18.9 Å². The maximum atomic E-state index is 11.2. The number of aliphatic hydroxyl groups is 2. The first-order valence-corrected chi connectivity index (χ1v) is 4.76. The molecule has 0 aliphatic carbocycles. The first-order chi connectivity index (χ1) is 5.95. The second-order valence-corrected chi connectivity index (χ2v) is 4.01. The van der Waals surface area contributed by atoms with Crippen LogP contribution in [0, 0.1) is 5.41 Å². The molecule has 0 saturated heterocycles. The Morgan fingerprint density at radius 1 is 1.62 bits per heavy atom. The molecule has 0 rings (SSSR count). The topological polar surface area (TPSA) is 69.6 Å². The van der Waals surface area contributed by atoms with E-state index in [2.05, 4.69) is 17.9 Å². The summed E-state index contributed by atoms with van der Waals surface area (Å²) in [6.45, 7) is 3.43. The molecule has 0 radical (unpaired) electrons. The summed E-state index contributed by atoms with van der Waals surface area (Å²) in [4.78, 5) is 11.2. The summed E-state index contributed by atoms with van der Waals surface area (Å²) in [5, 5.41) is 20.9. The fourth-order valence-corrected chi connectivity index (χ4v) is 0.829. The SMILES string of the molecule is CC(C)(CO)C(O)C(=O)NCCS. The van der Waals surface area contributed by atoms with Gasteiger partial charge in [-0.3, -0.25) is 4.79 Å². The number of carbonyl (C=O) groups is 1. The van der Waals surface area contributed by atoms with E-state index in [-0.39, 0.29) is 6.61 Å². The molecule has 1 unspecified atom stereocenters. The zero-order valence-electron chi connectivity index (χ0n) is 7.95. The predicted molar refractivity (Wildman–Crippen MR) is 53.7 cm³/mol. The van der Waals surface area contributed by atoms with Gasteiger partial charge < -0.3 is 15.5 Å². The van der Waals surface area contributed by atoms with E-state index in [1.165, 1.54) is 0 Å². The Labute approximate surface area is 83.7 Å². The van der Waals surface area contributed by atoms with Gasteiger partial charge in [0.1, 0.15) is 6.10 Å². The van der Waals surface area contributed by atoms with Crippen LogP contribution in [0.5, 0.6) is 0 Å². The third-order valence-corrected chi connectivity index (χ3v) is 2.03. The van der Waals surface area contributed by atoms with Gasteiger partial charge in [0.25, 0.3) is 0 Å². The van der Waals surface area contributed by atoms with Crippen molar-refractivity contribution in [3.8, 4) is 0 Å². The van der Waals surface area contributed by atoms with Crippen LogP contribution < -0.4 is 5.32 Å². The smallest absolute Gasteiger partial charge is 0.249 e. The van der Waals surface area contributed by atoms with E-state index in [1.54, 1.807) is 13.8 Å². The fourth-order valence-electron chi connectivity index (χ4n) is 0.717. The summed E-state index contributed by atoms with van der Waals surface area (Å²) in [5.74, 6) is 0.0611. The molecular weight excluding hydrogens is 190 g/mol. The van der Waals surface area contributed by atoms with Crippen LogP contribution in [0.15, 0.2) is 0 Å². The Hall–Kier alpha value is -0.260. The van der Waals surface area contributed by atoms with Crippen molar-refractivity contribution in [3.63, 3.8) is 0 Å². The molecule has 0 aliphatic heterocycles. The van der Waals surface area contributed by atoms with Crippen LogP contribution in [0.2, 0.25) is 0 Å². The molecule has 1 amide bonds. The van der Waals surface area contributed by atoms with Crippen molar-refractivity contribution in [3.05, 3.63) is 0 Å². The number of amides is 1. The summed E-state index contributed by atoms with van der Waals surface area (Å²) in [7, 11) is 0. The van der Waals surface area contributed by atoms with Crippen LogP contribution in [0.4, 0.5) is 0 Å². The maximum absolute atomic E-state index is 11.2. The Kier molecular flexibility index (Phi) is 5.36. The van der Waals surface area contributed by atoms with Gasteiger partial charge in [0.15, 0.2) is 0 Å². The van der Waals surface area contributed by atoms with Crippen molar-refractivity contribution < 1.29 is 15.0 Å². The van der Waals surface area contributed by atoms with Crippen LogP contribution >= 0.6 is 12.6 Å². The van der Waals surface area contributed by atoms with E-state index in [0.29, 0.717) is 12.3 Å². The Morgan fingerprint density at radius 3 is 2.54 bits per heavy atom. The molecule has 0 heterocycles. The number of rotatable bonds is 5. The highest BCUT2D eigenvalue weighted by atomic mass is 32.1. The van der Waals surface area contributed by atoms with Crippen LogP contribution in [0.1, 0.15) is 13.8 Å². The van der Waals surface area contributed by atoms with Crippen molar-refractivity contribution in [1.29, 1.82) is 0 Å². The molecule has 13 heavy (non-hydrogen) atoms. The number of thiol groups is 1. The number of hydrogen-bond acceptors (Lipinski definition) is 4. The van der Waals surface area contributed by atoms with Gasteiger partial charge in [-0.05, 0) is 0 Å². The van der Waals surface area contributed by atoms with E-state index < -0.39 is 17.4 Å². The predicted octanol–water partition coefficient (Wildman–Crippen LogP) is -0.588. The maximum Gasteiger partial charge on any atom is 0.249 e. The number of carbonyl (C=O) groups excluding carboxylic acids is 1. The fraction of sp³-hybridized carbons (Fsp3) is 0.875. The Bertz CT molecular complexity index is 173. The zero-order valence-corrected chi connectivity index (χ0v) is 8.84. The molecule has 5 heteroatoms. The van der Waals surface area contributed by atoms with Gasteiger partial charge in [0, 0.05) is 17.7 Å². The molecular formula is C8H17NO3S. The van der Waals surface area contributed by atoms with Gasteiger partial charge in [0.2, 0.25) is 5.91 Å². The highest BCUT2D eigenvalue weighted by molar-refractivity contribution is 7.80. The molecule has 0 aliphatic rings. The minimum Gasteiger partial charge on any atom is -0.396 e.